The Morgan fingerprint density at radius 2 is 1.80 bits per heavy atom. The highest BCUT2D eigenvalue weighted by atomic mass is 32.2. The zero-order valence-corrected chi connectivity index (χ0v) is 13.3. The minimum atomic E-state index is -4.27. The number of rotatable bonds is 6. The van der Waals surface area contributed by atoms with Crippen LogP contribution in [-0.4, -0.2) is 20.9 Å². The summed E-state index contributed by atoms with van der Waals surface area (Å²) in [6.07, 6.45) is 0. The van der Waals surface area contributed by atoms with Crippen LogP contribution in [0.5, 0.6) is 5.75 Å². The molecule has 0 spiro atoms. The third-order valence-electron chi connectivity index (χ3n) is 2.88. The van der Waals surface area contributed by atoms with Gasteiger partial charge in [-0.25, -0.2) is 17.2 Å². The first kappa shape index (κ1) is 18.3. The molecule has 0 aromatic heterocycles. The van der Waals surface area contributed by atoms with Gasteiger partial charge in [-0.2, -0.15) is 5.26 Å². The van der Waals surface area contributed by atoms with Gasteiger partial charge in [-0.1, -0.05) is 0 Å². The highest BCUT2D eigenvalue weighted by molar-refractivity contribution is 7.89. The maximum absolute atomic E-state index is 13.1. The van der Waals surface area contributed by atoms with Gasteiger partial charge in [-0.05, 0) is 42.5 Å². The smallest absolute Gasteiger partial charge is 0.272 e. The summed E-state index contributed by atoms with van der Waals surface area (Å²) in [5.41, 5.74) is 2.29. The van der Waals surface area contributed by atoms with E-state index in [-0.39, 0.29) is 0 Å². The Labute approximate surface area is 141 Å². The maximum Gasteiger partial charge on any atom is 0.272 e. The van der Waals surface area contributed by atoms with Crippen LogP contribution in [0.15, 0.2) is 47.4 Å². The van der Waals surface area contributed by atoms with E-state index in [1.807, 2.05) is 11.5 Å². The molecule has 0 radical (unpaired) electrons. The fourth-order valence-corrected chi connectivity index (χ4v) is 2.51. The quantitative estimate of drug-likeness (QED) is 0.747. The summed E-state index contributed by atoms with van der Waals surface area (Å²) in [5, 5.41) is 8.65. The summed E-state index contributed by atoms with van der Waals surface area (Å²) < 4.78 is 54.7. The number of sulfonamides is 1. The molecule has 0 unspecified atom stereocenters. The molecule has 2 aromatic rings. The van der Waals surface area contributed by atoms with Crippen LogP contribution >= 0.6 is 0 Å². The van der Waals surface area contributed by atoms with Crippen molar-refractivity contribution in [3.8, 4) is 11.8 Å². The molecule has 0 bridgehead atoms. The predicted molar refractivity (Wildman–Crippen MR) is 81.5 cm³/mol. The average Bonchev–Trinajstić information content (AvgIpc) is 2.61. The van der Waals surface area contributed by atoms with E-state index >= 15 is 0 Å². The standard InChI is InChI=1S/C15H11F2N3O4S/c16-13-6-5-12(7-14(13)17)25(22,23)20-19-15(21)9-24-11-3-1-10(8-18)2-4-11/h1-7,20H,9H2,(H,19,21). The zero-order valence-electron chi connectivity index (χ0n) is 12.5. The van der Waals surface area contributed by atoms with Crippen molar-refractivity contribution < 1.29 is 26.7 Å². The second-order valence-corrected chi connectivity index (χ2v) is 6.34. The van der Waals surface area contributed by atoms with Crippen LogP contribution in [0, 0.1) is 23.0 Å². The first-order chi connectivity index (χ1) is 11.8. The van der Waals surface area contributed by atoms with Crippen LogP contribution in [0.3, 0.4) is 0 Å². The third kappa shape index (κ3) is 4.97. The van der Waals surface area contributed by atoms with Crippen molar-refractivity contribution >= 4 is 15.9 Å². The molecule has 0 fully saturated rings. The third-order valence-corrected chi connectivity index (χ3v) is 4.12. The number of amides is 1. The number of halogens is 2. The van der Waals surface area contributed by atoms with Gasteiger partial charge in [0.1, 0.15) is 5.75 Å². The lowest BCUT2D eigenvalue weighted by Gasteiger charge is -2.09. The molecule has 130 valence electrons. The molecule has 2 aromatic carbocycles. The van der Waals surface area contributed by atoms with E-state index in [0.717, 1.165) is 6.07 Å². The van der Waals surface area contributed by atoms with Gasteiger partial charge in [0.25, 0.3) is 15.9 Å². The number of nitriles is 1. The van der Waals surface area contributed by atoms with Gasteiger partial charge in [0.15, 0.2) is 18.2 Å². The zero-order chi connectivity index (χ0) is 18.4. The molecule has 0 aliphatic rings. The topological polar surface area (TPSA) is 108 Å². The molecule has 0 saturated heterocycles. The van der Waals surface area contributed by atoms with Gasteiger partial charge >= 0.3 is 0 Å². The van der Waals surface area contributed by atoms with Crippen LogP contribution in [0.4, 0.5) is 8.78 Å². The van der Waals surface area contributed by atoms with Gasteiger partial charge in [0.2, 0.25) is 0 Å². The second kappa shape index (κ2) is 7.69. The van der Waals surface area contributed by atoms with Gasteiger partial charge in [-0.15, -0.1) is 4.83 Å². The summed E-state index contributed by atoms with van der Waals surface area (Å²) in [6.45, 7) is -0.508. The monoisotopic (exact) mass is 367 g/mol. The van der Waals surface area contributed by atoms with Crippen molar-refractivity contribution in [2.45, 2.75) is 4.90 Å². The molecule has 1 amide bonds. The molecule has 0 atom stereocenters. The van der Waals surface area contributed by atoms with Crippen molar-refractivity contribution in [3.63, 3.8) is 0 Å². The van der Waals surface area contributed by atoms with Gasteiger partial charge < -0.3 is 4.74 Å². The number of carbonyl (C=O) groups excluding carboxylic acids is 1. The number of nitrogens with zero attached hydrogens (tertiary/aromatic N) is 1. The molecule has 7 nitrogen and oxygen atoms in total. The van der Waals surface area contributed by atoms with Crippen LogP contribution in [0.25, 0.3) is 0 Å². The van der Waals surface area contributed by atoms with Gasteiger partial charge in [0, 0.05) is 0 Å². The lowest BCUT2D eigenvalue weighted by molar-refractivity contribution is -0.123. The van der Waals surface area contributed by atoms with Crippen molar-refractivity contribution in [1.82, 2.24) is 10.3 Å². The summed E-state index contributed by atoms with van der Waals surface area (Å²) in [6, 6.07) is 9.81. The number of hydrogen-bond acceptors (Lipinski definition) is 5. The van der Waals surface area contributed by atoms with Crippen molar-refractivity contribution in [3.05, 3.63) is 59.7 Å². The minimum absolute atomic E-state index is 0.303. The maximum atomic E-state index is 13.1. The largest absolute Gasteiger partial charge is 0.484 e. The number of carbonyl (C=O) groups is 1. The normalized spacial score (nSPS) is 10.8. The van der Waals surface area contributed by atoms with Crippen LogP contribution in [-0.2, 0) is 14.8 Å². The fraction of sp³-hybridized carbons (Fsp3) is 0.0667. The highest BCUT2D eigenvalue weighted by Crippen LogP contribution is 2.13. The van der Waals surface area contributed by atoms with E-state index in [0.29, 0.717) is 23.4 Å². The Balaban J connectivity index is 1.89. The van der Waals surface area contributed by atoms with E-state index in [1.54, 1.807) is 4.83 Å². The van der Waals surface area contributed by atoms with E-state index < -0.39 is 39.1 Å². The number of nitrogens with one attached hydrogen (secondary N) is 2. The summed E-state index contributed by atoms with van der Waals surface area (Å²) in [7, 11) is -4.27. The Hall–Kier alpha value is -3.03. The molecule has 0 aliphatic heterocycles. The van der Waals surface area contributed by atoms with E-state index in [9.17, 15) is 22.0 Å². The number of hydrogen-bond donors (Lipinski definition) is 2. The Morgan fingerprint density at radius 1 is 1.12 bits per heavy atom. The molecule has 10 heteroatoms. The highest BCUT2D eigenvalue weighted by Gasteiger charge is 2.17. The SMILES string of the molecule is N#Cc1ccc(OCC(=O)NNS(=O)(=O)c2ccc(F)c(F)c2)cc1. The number of benzene rings is 2. The van der Waals surface area contributed by atoms with Crippen molar-refractivity contribution in [2.24, 2.45) is 0 Å². The number of ether oxygens (including phenoxy) is 1. The lowest BCUT2D eigenvalue weighted by atomic mass is 10.2. The molecule has 0 aliphatic carbocycles. The average molecular weight is 367 g/mol. The van der Waals surface area contributed by atoms with E-state index in [2.05, 4.69) is 0 Å². The van der Waals surface area contributed by atoms with Gasteiger partial charge in [-0.3, -0.25) is 10.2 Å². The molecular weight excluding hydrogens is 356 g/mol. The van der Waals surface area contributed by atoms with E-state index in [1.165, 1.54) is 24.3 Å². The van der Waals surface area contributed by atoms with Crippen molar-refractivity contribution in [2.75, 3.05) is 6.61 Å². The molecule has 2 N–H and O–H groups in total. The molecule has 0 heterocycles. The first-order valence-corrected chi connectivity index (χ1v) is 8.19. The van der Waals surface area contributed by atoms with Crippen LogP contribution in [0.2, 0.25) is 0 Å². The molecule has 0 saturated carbocycles. The molecule has 2 rings (SSSR count). The van der Waals surface area contributed by atoms with E-state index in [4.69, 9.17) is 10.00 Å². The summed E-state index contributed by atoms with van der Waals surface area (Å²) in [5.74, 6) is -3.05. The van der Waals surface area contributed by atoms with Crippen LogP contribution < -0.4 is 15.0 Å². The van der Waals surface area contributed by atoms with Crippen molar-refractivity contribution in [1.29, 1.82) is 5.26 Å². The lowest BCUT2D eigenvalue weighted by Crippen LogP contribution is -2.43. The Kier molecular flexibility index (Phi) is 5.63. The number of hydrazine groups is 1. The van der Waals surface area contributed by atoms with Gasteiger partial charge in [0.05, 0.1) is 16.5 Å². The summed E-state index contributed by atoms with van der Waals surface area (Å²) >= 11 is 0. The first-order valence-electron chi connectivity index (χ1n) is 6.70. The Morgan fingerprint density at radius 3 is 2.40 bits per heavy atom. The Bertz CT molecular complexity index is 925. The fourth-order valence-electron chi connectivity index (χ4n) is 1.64. The van der Waals surface area contributed by atoms with Crippen LogP contribution in [0.1, 0.15) is 5.56 Å². The molecular formula is C15H11F2N3O4S. The summed E-state index contributed by atoms with van der Waals surface area (Å²) in [4.78, 5) is 12.8. The predicted octanol–water partition coefficient (Wildman–Crippen LogP) is 1.22. The second-order valence-electron chi connectivity index (χ2n) is 4.65. The minimum Gasteiger partial charge on any atom is -0.484 e. The molecule has 25 heavy (non-hydrogen) atoms.